The summed E-state index contributed by atoms with van der Waals surface area (Å²) in [6.45, 7) is 3.86. The van der Waals surface area contributed by atoms with Gasteiger partial charge in [0, 0.05) is 31.4 Å². The van der Waals surface area contributed by atoms with Crippen LogP contribution in [0.1, 0.15) is 50.2 Å². The monoisotopic (exact) mass is 315 g/mol. The molecule has 0 N–H and O–H groups in total. The normalized spacial score (nSPS) is 24.8. The fourth-order valence-corrected chi connectivity index (χ4v) is 3.25. The van der Waals surface area contributed by atoms with E-state index in [9.17, 15) is 4.79 Å². The van der Waals surface area contributed by atoms with Crippen LogP contribution in [0.2, 0.25) is 0 Å². The maximum absolute atomic E-state index is 12.5. The molecule has 7 nitrogen and oxygen atoms in total. The van der Waals surface area contributed by atoms with E-state index in [1.807, 2.05) is 4.90 Å². The SMILES string of the molecule is CC1(c2nc(C3CC3)no2)CCCN(C(=O)Cn2ccnc2)C1. The van der Waals surface area contributed by atoms with Crippen LogP contribution in [-0.4, -0.2) is 43.6 Å². The second-order valence-electron chi connectivity index (χ2n) is 6.95. The molecule has 4 rings (SSSR count). The van der Waals surface area contributed by atoms with E-state index in [0.717, 1.165) is 38.1 Å². The summed E-state index contributed by atoms with van der Waals surface area (Å²) in [6, 6.07) is 0. The molecule has 1 saturated carbocycles. The molecule has 2 fully saturated rings. The number of hydrogen-bond donors (Lipinski definition) is 0. The third kappa shape index (κ3) is 2.87. The molecule has 1 atom stereocenters. The molecule has 122 valence electrons. The summed E-state index contributed by atoms with van der Waals surface area (Å²) < 4.78 is 7.33. The average Bonchev–Trinajstić information content (AvgIpc) is 3.05. The maximum atomic E-state index is 12.5. The summed E-state index contributed by atoms with van der Waals surface area (Å²) in [5.41, 5.74) is -0.247. The minimum Gasteiger partial charge on any atom is -0.340 e. The first-order chi connectivity index (χ1) is 11.1. The Balaban J connectivity index is 1.47. The van der Waals surface area contributed by atoms with Crippen molar-refractivity contribution >= 4 is 5.91 Å². The number of carbonyl (C=O) groups is 1. The number of hydrogen-bond acceptors (Lipinski definition) is 5. The van der Waals surface area contributed by atoms with Crippen LogP contribution >= 0.6 is 0 Å². The van der Waals surface area contributed by atoms with Crippen molar-refractivity contribution < 1.29 is 9.32 Å². The van der Waals surface area contributed by atoms with Gasteiger partial charge in [-0.15, -0.1) is 0 Å². The van der Waals surface area contributed by atoms with E-state index in [-0.39, 0.29) is 11.3 Å². The number of piperidine rings is 1. The van der Waals surface area contributed by atoms with Crippen molar-refractivity contribution in [3.8, 4) is 0 Å². The van der Waals surface area contributed by atoms with Gasteiger partial charge in [0.2, 0.25) is 11.8 Å². The number of amides is 1. The lowest BCUT2D eigenvalue weighted by atomic mass is 9.81. The van der Waals surface area contributed by atoms with Crippen LogP contribution in [0, 0.1) is 0 Å². The van der Waals surface area contributed by atoms with Crippen molar-refractivity contribution in [3.63, 3.8) is 0 Å². The number of imidazole rings is 1. The zero-order valence-electron chi connectivity index (χ0n) is 13.3. The Morgan fingerprint density at radius 2 is 2.35 bits per heavy atom. The van der Waals surface area contributed by atoms with Crippen LogP contribution in [0.15, 0.2) is 23.2 Å². The van der Waals surface area contributed by atoms with E-state index < -0.39 is 0 Å². The van der Waals surface area contributed by atoms with Crippen LogP contribution < -0.4 is 0 Å². The van der Waals surface area contributed by atoms with E-state index in [1.165, 1.54) is 0 Å². The Kier molecular flexibility index (Phi) is 3.43. The van der Waals surface area contributed by atoms with Crippen LogP contribution in [0.25, 0.3) is 0 Å². The van der Waals surface area contributed by atoms with Gasteiger partial charge in [-0.25, -0.2) is 4.98 Å². The molecule has 3 heterocycles. The Morgan fingerprint density at radius 1 is 1.48 bits per heavy atom. The highest BCUT2D eigenvalue weighted by atomic mass is 16.5. The molecule has 1 aliphatic heterocycles. The van der Waals surface area contributed by atoms with Gasteiger partial charge in [0.15, 0.2) is 5.82 Å². The zero-order valence-corrected chi connectivity index (χ0v) is 13.3. The Labute approximate surface area is 134 Å². The summed E-state index contributed by atoms with van der Waals surface area (Å²) >= 11 is 0. The molecule has 1 aliphatic carbocycles. The lowest BCUT2D eigenvalue weighted by Crippen LogP contribution is -2.48. The predicted octanol–water partition coefficient (Wildman–Crippen LogP) is 1.72. The molecule has 1 saturated heterocycles. The highest BCUT2D eigenvalue weighted by Crippen LogP contribution is 2.40. The smallest absolute Gasteiger partial charge is 0.242 e. The number of carbonyl (C=O) groups excluding carboxylic acids is 1. The van der Waals surface area contributed by atoms with E-state index in [4.69, 9.17) is 4.52 Å². The summed E-state index contributed by atoms with van der Waals surface area (Å²) in [7, 11) is 0. The minimum atomic E-state index is -0.247. The third-order valence-corrected chi connectivity index (χ3v) is 4.83. The van der Waals surface area contributed by atoms with Gasteiger partial charge < -0.3 is 14.0 Å². The number of aromatic nitrogens is 4. The fourth-order valence-electron chi connectivity index (χ4n) is 3.25. The lowest BCUT2D eigenvalue weighted by Gasteiger charge is -2.38. The Hall–Kier alpha value is -2.18. The van der Waals surface area contributed by atoms with Gasteiger partial charge in [0.25, 0.3) is 0 Å². The highest BCUT2D eigenvalue weighted by molar-refractivity contribution is 5.76. The van der Waals surface area contributed by atoms with Gasteiger partial charge >= 0.3 is 0 Å². The zero-order chi connectivity index (χ0) is 15.9. The molecular formula is C16H21N5O2. The van der Waals surface area contributed by atoms with E-state index in [2.05, 4.69) is 22.0 Å². The number of likely N-dealkylation sites (tertiary alicyclic amines) is 1. The van der Waals surface area contributed by atoms with Gasteiger partial charge in [-0.05, 0) is 32.6 Å². The average molecular weight is 315 g/mol. The van der Waals surface area contributed by atoms with Crippen molar-refractivity contribution in [2.75, 3.05) is 13.1 Å². The van der Waals surface area contributed by atoms with Crippen molar-refractivity contribution in [2.24, 2.45) is 0 Å². The molecule has 23 heavy (non-hydrogen) atoms. The number of nitrogens with zero attached hydrogens (tertiary/aromatic N) is 5. The molecule has 2 aromatic rings. The van der Waals surface area contributed by atoms with Crippen LogP contribution in [0.4, 0.5) is 0 Å². The van der Waals surface area contributed by atoms with E-state index >= 15 is 0 Å². The molecule has 1 unspecified atom stereocenters. The minimum absolute atomic E-state index is 0.107. The first kappa shape index (κ1) is 14.4. The second kappa shape index (κ2) is 5.47. The largest absolute Gasteiger partial charge is 0.340 e. The summed E-state index contributed by atoms with van der Waals surface area (Å²) in [4.78, 5) is 23.0. The van der Waals surface area contributed by atoms with Crippen molar-refractivity contribution in [1.29, 1.82) is 0 Å². The quantitative estimate of drug-likeness (QED) is 0.858. The fraction of sp³-hybridized carbons (Fsp3) is 0.625. The van der Waals surface area contributed by atoms with Gasteiger partial charge in [-0.3, -0.25) is 4.79 Å². The Bertz CT molecular complexity index is 691. The maximum Gasteiger partial charge on any atom is 0.242 e. The molecule has 0 bridgehead atoms. The summed E-state index contributed by atoms with van der Waals surface area (Å²) in [5.74, 6) is 2.11. The van der Waals surface area contributed by atoms with Crippen molar-refractivity contribution in [2.45, 2.75) is 50.5 Å². The standard InChI is InChI=1S/C16H21N5O2/c1-16(15-18-14(19-23-15)12-3-4-12)5-2-7-21(10-16)13(22)9-20-8-6-17-11-20/h6,8,11-12H,2-5,7,9-10H2,1H3. The second-order valence-corrected chi connectivity index (χ2v) is 6.95. The van der Waals surface area contributed by atoms with Crippen molar-refractivity contribution in [3.05, 3.63) is 30.4 Å². The summed E-state index contributed by atoms with van der Waals surface area (Å²) in [5, 5.41) is 4.13. The van der Waals surface area contributed by atoms with Crippen LogP contribution in [0.3, 0.4) is 0 Å². The first-order valence-electron chi connectivity index (χ1n) is 8.22. The van der Waals surface area contributed by atoms with Gasteiger partial charge in [0.05, 0.1) is 11.7 Å². The third-order valence-electron chi connectivity index (χ3n) is 4.83. The molecule has 7 heteroatoms. The van der Waals surface area contributed by atoms with Crippen molar-refractivity contribution in [1.82, 2.24) is 24.6 Å². The van der Waals surface area contributed by atoms with Crippen LogP contribution in [0.5, 0.6) is 0 Å². The topological polar surface area (TPSA) is 77.0 Å². The van der Waals surface area contributed by atoms with Gasteiger partial charge in [-0.1, -0.05) is 5.16 Å². The molecule has 2 aromatic heterocycles. The predicted molar refractivity (Wildman–Crippen MR) is 81.7 cm³/mol. The summed E-state index contributed by atoms with van der Waals surface area (Å²) in [6.07, 6.45) is 9.39. The van der Waals surface area contributed by atoms with E-state index in [1.54, 1.807) is 23.3 Å². The first-order valence-corrected chi connectivity index (χ1v) is 8.22. The van der Waals surface area contributed by atoms with Gasteiger partial charge in [0.1, 0.15) is 6.54 Å². The molecule has 1 amide bonds. The number of rotatable bonds is 4. The van der Waals surface area contributed by atoms with Gasteiger partial charge in [-0.2, -0.15) is 4.98 Å². The molecular weight excluding hydrogens is 294 g/mol. The molecule has 0 spiro atoms. The van der Waals surface area contributed by atoms with E-state index in [0.29, 0.717) is 24.9 Å². The van der Waals surface area contributed by atoms with Crippen LogP contribution in [-0.2, 0) is 16.8 Å². The Morgan fingerprint density at radius 3 is 3.09 bits per heavy atom. The molecule has 0 radical (unpaired) electrons. The lowest BCUT2D eigenvalue weighted by molar-refractivity contribution is -0.134. The molecule has 2 aliphatic rings. The highest BCUT2D eigenvalue weighted by Gasteiger charge is 2.40. The molecule has 0 aromatic carbocycles.